The molecule has 0 aromatic heterocycles. The number of allylic oxidation sites excluding steroid dienone is 2. The molecule has 2 aliphatic rings. The van der Waals surface area contributed by atoms with Crippen molar-refractivity contribution in [1.82, 2.24) is 15.3 Å². The highest BCUT2D eigenvalue weighted by molar-refractivity contribution is 5.76. The van der Waals surface area contributed by atoms with Crippen LogP contribution in [0.15, 0.2) is 36.7 Å². The van der Waals surface area contributed by atoms with Crippen LogP contribution >= 0.6 is 0 Å². The summed E-state index contributed by atoms with van der Waals surface area (Å²) >= 11 is 0. The van der Waals surface area contributed by atoms with Gasteiger partial charge in [0.25, 0.3) is 0 Å². The van der Waals surface area contributed by atoms with Crippen LogP contribution in [0, 0.1) is 6.92 Å². The van der Waals surface area contributed by atoms with Crippen molar-refractivity contribution >= 4 is 5.57 Å². The molecule has 5 nitrogen and oxygen atoms in total. The van der Waals surface area contributed by atoms with E-state index in [1.165, 1.54) is 43.5 Å². The first kappa shape index (κ1) is 18.8. The lowest BCUT2D eigenvalue weighted by atomic mass is 10.0. The van der Waals surface area contributed by atoms with Gasteiger partial charge in [-0.3, -0.25) is 5.01 Å². The van der Waals surface area contributed by atoms with Gasteiger partial charge in [-0.05, 0) is 68.6 Å². The van der Waals surface area contributed by atoms with E-state index in [4.69, 9.17) is 9.47 Å². The van der Waals surface area contributed by atoms with Crippen molar-refractivity contribution in [2.75, 3.05) is 40.1 Å². The van der Waals surface area contributed by atoms with Gasteiger partial charge in [-0.1, -0.05) is 12.5 Å². The second-order valence-corrected chi connectivity index (χ2v) is 7.01. The maximum Gasteiger partial charge on any atom is 0.136 e. The quantitative estimate of drug-likeness (QED) is 0.721. The Bertz CT molecular complexity index is 636. The zero-order valence-corrected chi connectivity index (χ0v) is 16.0. The first-order chi connectivity index (χ1) is 12.8. The van der Waals surface area contributed by atoms with Gasteiger partial charge in [0.15, 0.2) is 0 Å². The third-order valence-electron chi connectivity index (χ3n) is 4.93. The van der Waals surface area contributed by atoms with Gasteiger partial charge in [-0.25, -0.2) is 0 Å². The van der Waals surface area contributed by atoms with Crippen LogP contribution < -0.4 is 10.2 Å². The fourth-order valence-corrected chi connectivity index (χ4v) is 3.51. The molecule has 0 radical (unpaired) electrons. The van der Waals surface area contributed by atoms with Gasteiger partial charge in [0, 0.05) is 31.6 Å². The molecule has 2 aliphatic heterocycles. The van der Waals surface area contributed by atoms with Crippen molar-refractivity contribution in [3.8, 4) is 5.75 Å². The molecule has 0 bridgehead atoms. The van der Waals surface area contributed by atoms with E-state index in [0.717, 1.165) is 30.9 Å². The molecule has 5 heteroatoms. The molecule has 0 amide bonds. The van der Waals surface area contributed by atoms with Crippen LogP contribution in [0.2, 0.25) is 0 Å². The maximum absolute atomic E-state index is 5.96. The van der Waals surface area contributed by atoms with Gasteiger partial charge in [0.05, 0.1) is 6.61 Å². The summed E-state index contributed by atoms with van der Waals surface area (Å²) in [5.74, 6) is 0.958. The Hall–Kier alpha value is -1.98. The average Bonchev–Trinajstić information content (AvgIpc) is 2.67. The fourth-order valence-electron chi connectivity index (χ4n) is 3.51. The summed E-state index contributed by atoms with van der Waals surface area (Å²) in [5, 5.41) is 1.89. The molecule has 1 N–H and O–H groups in total. The van der Waals surface area contributed by atoms with Crippen molar-refractivity contribution in [1.29, 1.82) is 0 Å². The minimum atomic E-state index is 0.517. The van der Waals surface area contributed by atoms with Crippen molar-refractivity contribution in [3.63, 3.8) is 0 Å². The van der Waals surface area contributed by atoms with Crippen LogP contribution in [0.3, 0.4) is 0 Å². The summed E-state index contributed by atoms with van der Waals surface area (Å²) in [6, 6.07) is 6.34. The van der Waals surface area contributed by atoms with Gasteiger partial charge in [0.1, 0.15) is 12.5 Å². The van der Waals surface area contributed by atoms with E-state index in [1.54, 1.807) is 7.11 Å². The number of hydrazine groups is 1. The predicted molar refractivity (Wildman–Crippen MR) is 106 cm³/mol. The molecule has 1 aromatic carbocycles. The molecular weight excluding hydrogens is 326 g/mol. The van der Waals surface area contributed by atoms with Gasteiger partial charge < -0.3 is 19.8 Å². The van der Waals surface area contributed by atoms with Gasteiger partial charge in [0.2, 0.25) is 0 Å². The lowest BCUT2D eigenvalue weighted by molar-refractivity contribution is 0.0746. The van der Waals surface area contributed by atoms with Crippen LogP contribution in [0.4, 0.5) is 0 Å². The smallest absolute Gasteiger partial charge is 0.136 e. The molecule has 2 heterocycles. The third-order valence-corrected chi connectivity index (χ3v) is 4.93. The molecule has 0 saturated carbocycles. The summed E-state index contributed by atoms with van der Waals surface area (Å²) < 4.78 is 11.1. The van der Waals surface area contributed by atoms with E-state index in [-0.39, 0.29) is 0 Å². The minimum Gasteiger partial charge on any atom is -0.494 e. The third kappa shape index (κ3) is 5.26. The number of likely N-dealkylation sites (tertiary alicyclic amines) is 1. The van der Waals surface area contributed by atoms with E-state index in [2.05, 4.69) is 41.5 Å². The van der Waals surface area contributed by atoms with Crippen LogP contribution in [0.1, 0.15) is 36.8 Å². The van der Waals surface area contributed by atoms with Crippen LogP contribution in [0.25, 0.3) is 5.57 Å². The number of rotatable bonds is 8. The number of hydrogen-bond acceptors (Lipinski definition) is 5. The van der Waals surface area contributed by atoms with Gasteiger partial charge in [-0.2, -0.15) is 0 Å². The largest absolute Gasteiger partial charge is 0.494 e. The number of benzene rings is 1. The summed E-state index contributed by atoms with van der Waals surface area (Å²) in [4.78, 5) is 2.56. The summed E-state index contributed by atoms with van der Waals surface area (Å²) in [6.07, 6.45) is 11.3. The number of hydrogen-bond donors (Lipinski definition) is 1. The highest BCUT2D eigenvalue weighted by atomic mass is 16.5. The Morgan fingerprint density at radius 3 is 2.69 bits per heavy atom. The van der Waals surface area contributed by atoms with E-state index in [0.29, 0.717) is 6.73 Å². The summed E-state index contributed by atoms with van der Waals surface area (Å²) in [5.41, 5.74) is 6.80. The Morgan fingerprint density at radius 1 is 1.15 bits per heavy atom. The van der Waals surface area contributed by atoms with Gasteiger partial charge >= 0.3 is 0 Å². The number of nitrogens with one attached hydrogen (secondary N) is 1. The fraction of sp³-hybridized carbons (Fsp3) is 0.524. The molecule has 1 saturated heterocycles. The molecule has 142 valence electrons. The van der Waals surface area contributed by atoms with E-state index in [9.17, 15) is 0 Å². The number of methoxy groups -OCH3 is 1. The lowest BCUT2D eigenvalue weighted by Crippen LogP contribution is -2.32. The Labute approximate surface area is 157 Å². The minimum absolute atomic E-state index is 0.517. The second-order valence-electron chi connectivity index (χ2n) is 7.01. The molecule has 1 aromatic rings. The van der Waals surface area contributed by atoms with E-state index < -0.39 is 0 Å². The molecule has 0 spiro atoms. The van der Waals surface area contributed by atoms with Crippen molar-refractivity contribution in [3.05, 3.63) is 47.8 Å². The van der Waals surface area contributed by atoms with Crippen LogP contribution in [-0.2, 0) is 4.74 Å². The zero-order chi connectivity index (χ0) is 18.2. The SMILES string of the molecule is COCN1C=CC(c2ccc(OCCCN3CCCCC3)cc2C)=CN1. The number of ether oxygens (including phenoxy) is 2. The Kier molecular flexibility index (Phi) is 6.97. The first-order valence-electron chi connectivity index (χ1n) is 9.62. The second kappa shape index (κ2) is 9.64. The molecule has 0 aliphatic carbocycles. The topological polar surface area (TPSA) is 37.0 Å². The summed E-state index contributed by atoms with van der Waals surface area (Å²) in [6.45, 7) is 7.10. The zero-order valence-electron chi connectivity index (χ0n) is 16.0. The van der Waals surface area contributed by atoms with Gasteiger partial charge in [-0.15, -0.1) is 0 Å². The molecule has 1 fully saturated rings. The Morgan fingerprint density at radius 2 is 2.00 bits per heavy atom. The number of piperidine rings is 1. The standard InChI is InChI=1S/C21H31N3O2/c1-18-15-20(26-14-6-12-23-10-4-3-5-11-23)7-8-21(18)19-9-13-24(17-25-2)22-16-19/h7-9,13,15-16,22H,3-6,10-12,14,17H2,1-2H3. The normalized spacial score (nSPS) is 17.8. The van der Waals surface area contributed by atoms with Crippen molar-refractivity contribution < 1.29 is 9.47 Å². The van der Waals surface area contributed by atoms with Crippen molar-refractivity contribution in [2.45, 2.75) is 32.6 Å². The molecule has 0 unspecified atom stereocenters. The van der Waals surface area contributed by atoms with E-state index in [1.807, 2.05) is 17.4 Å². The number of nitrogens with zero attached hydrogens (tertiary/aromatic N) is 2. The van der Waals surface area contributed by atoms with Crippen LogP contribution in [0.5, 0.6) is 5.75 Å². The molecular formula is C21H31N3O2. The molecule has 26 heavy (non-hydrogen) atoms. The highest BCUT2D eigenvalue weighted by Crippen LogP contribution is 2.25. The Balaban J connectivity index is 1.47. The predicted octanol–water partition coefficient (Wildman–Crippen LogP) is 3.53. The molecule has 0 atom stereocenters. The average molecular weight is 357 g/mol. The van der Waals surface area contributed by atoms with E-state index >= 15 is 0 Å². The lowest BCUT2D eigenvalue weighted by Gasteiger charge is -2.26. The van der Waals surface area contributed by atoms with Crippen LogP contribution in [-0.4, -0.2) is 50.0 Å². The summed E-state index contributed by atoms with van der Waals surface area (Å²) in [7, 11) is 1.68. The monoisotopic (exact) mass is 357 g/mol. The van der Waals surface area contributed by atoms with Crippen molar-refractivity contribution in [2.24, 2.45) is 0 Å². The maximum atomic E-state index is 5.96. The number of aryl methyl sites for hydroxylation is 1. The first-order valence-corrected chi connectivity index (χ1v) is 9.62. The highest BCUT2D eigenvalue weighted by Gasteiger charge is 2.10. The molecule has 3 rings (SSSR count).